The fourth-order valence-electron chi connectivity index (χ4n) is 4.57. The Morgan fingerprint density at radius 3 is 2.61 bits per heavy atom. The third-order valence-corrected chi connectivity index (χ3v) is 8.18. The number of fused-ring (bicyclic) bond motifs is 1. The predicted octanol–water partition coefficient (Wildman–Crippen LogP) is 2.47. The molecule has 1 saturated heterocycles. The highest BCUT2D eigenvalue weighted by molar-refractivity contribution is 7.89. The molecule has 3 aromatic rings. The summed E-state index contributed by atoms with van der Waals surface area (Å²) < 4.78 is 34.5. The molecule has 0 atom stereocenters. The maximum Gasteiger partial charge on any atom is 0.270 e. The van der Waals surface area contributed by atoms with E-state index < -0.39 is 10.0 Å². The maximum absolute atomic E-state index is 13.1. The van der Waals surface area contributed by atoms with Gasteiger partial charge in [0, 0.05) is 36.3 Å². The minimum Gasteiger partial charge on any atom is -0.379 e. The van der Waals surface area contributed by atoms with Crippen molar-refractivity contribution in [1.29, 1.82) is 5.26 Å². The number of pyridine rings is 1. The molecule has 170 valence electrons. The summed E-state index contributed by atoms with van der Waals surface area (Å²) in [5.41, 5.74) is 0.743. The van der Waals surface area contributed by atoms with E-state index in [1.807, 2.05) is 6.07 Å². The minimum atomic E-state index is -3.67. The van der Waals surface area contributed by atoms with Crippen LogP contribution in [0.2, 0.25) is 0 Å². The SMILES string of the molecule is N#Cc1cc2cnc(-c3cccc(S(=O)(=O)N4CCOCC4)c3)nc2n(C2CCCC2)c1=O. The van der Waals surface area contributed by atoms with Gasteiger partial charge in [-0.3, -0.25) is 9.36 Å². The van der Waals surface area contributed by atoms with Crippen molar-refractivity contribution >= 4 is 21.1 Å². The molecule has 1 aromatic carbocycles. The zero-order chi connectivity index (χ0) is 23.0. The summed E-state index contributed by atoms with van der Waals surface area (Å²) in [6.45, 7) is 1.37. The number of hydrogen-bond donors (Lipinski definition) is 0. The van der Waals surface area contributed by atoms with Crippen molar-refractivity contribution in [2.24, 2.45) is 0 Å². The lowest BCUT2D eigenvalue weighted by Gasteiger charge is -2.26. The topological polar surface area (TPSA) is 118 Å². The molecular formula is C23H23N5O4S. The van der Waals surface area contributed by atoms with Gasteiger partial charge in [-0.15, -0.1) is 0 Å². The van der Waals surface area contributed by atoms with Crippen LogP contribution in [0.1, 0.15) is 37.3 Å². The molecule has 0 spiro atoms. The quantitative estimate of drug-likeness (QED) is 0.581. The van der Waals surface area contributed by atoms with Gasteiger partial charge in [-0.2, -0.15) is 9.57 Å². The van der Waals surface area contributed by atoms with E-state index in [0.29, 0.717) is 48.7 Å². The number of benzene rings is 1. The third kappa shape index (κ3) is 3.93. The molecule has 5 rings (SSSR count). The van der Waals surface area contributed by atoms with Gasteiger partial charge < -0.3 is 4.74 Å². The first-order valence-electron chi connectivity index (χ1n) is 11.0. The fraction of sp³-hybridized carbons (Fsp3) is 0.391. The molecule has 1 aliphatic carbocycles. The second-order valence-corrected chi connectivity index (χ2v) is 10.2. The first-order valence-corrected chi connectivity index (χ1v) is 12.4. The Morgan fingerprint density at radius 2 is 1.88 bits per heavy atom. The van der Waals surface area contributed by atoms with Crippen LogP contribution in [0, 0.1) is 11.3 Å². The lowest BCUT2D eigenvalue weighted by Crippen LogP contribution is -2.40. The number of rotatable bonds is 4. The lowest BCUT2D eigenvalue weighted by atomic mass is 10.1. The molecule has 1 saturated carbocycles. The zero-order valence-corrected chi connectivity index (χ0v) is 18.8. The van der Waals surface area contributed by atoms with E-state index in [-0.39, 0.29) is 22.1 Å². The molecule has 10 heteroatoms. The van der Waals surface area contributed by atoms with Gasteiger partial charge in [0.1, 0.15) is 17.3 Å². The third-order valence-electron chi connectivity index (χ3n) is 6.28. The number of sulfonamides is 1. The smallest absolute Gasteiger partial charge is 0.270 e. The molecule has 2 aromatic heterocycles. The molecule has 2 fully saturated rings. The first kappa shape index (κ1) is 21.7. The number of aromatic nitrogens is 3. The summed E-state index contributed by atoms with van der Waals surface area (Å²) in [5, 5.41) is 10.0. The first-order chi connectivity index (χ1) is 16.0. The van der Waals surface area contributed by atoms with Crippen LogP contribution in [0.25, 0.3) is 22.4 Å². The molecular weight excluding hydrogens is 442 g/mol. The zero-order valence-electron chi connectivity index (χ0n) is 18.0. The van der Waals surface area contributed by atoms with Crippen LogP contribution in [0.4, 0.5) is 0 Å². The van der Waals surface area contributed by atoms with Crippen LogP contribution in [-0.4, -0.2) is 53.6 Å². The number of nitriles is 1. The number of morpholine rings is 1. The van der Waals surface area contributed by atoms with Gasteiger partial charge in [0.25, 0.3) is 5.56 Å². The van der Waals surface area contributed by atoms with Gasteiger partial charge in [-0.05, 0) is 31.0 Å². The van der Waals surface area contributed by atoms with Crippen LogP contribution in [0.15, 0.2) is 46.2 Å². The summed E-state index contributed by atoms with van der Waals surface area (Å²) in [4.78, 5) is 22.3. The molecule has 2 aliphatic rings. The van der Waals surface area contributed by atoms with Gasteiger partial charge in [-0.1, -0.05) is 25.0 Å². The second-order valence-electron chi connectivity index (χ2n) is 8.30. The van der Waals surface area contributed by atoms with Crippen molar-refractivity contribution in [1.82, 2.24) is 18.8 Å². The van der Waals surface area contributed by atoms with Crippen LogP contribution in [0.3, 0.4) is 0 Å². The van der Waals surface area contributed by atoms with Crippen molar-refractivity contribution in [3.63, 3.8) is 0 Å². The van der Waals surface area contributed by atoms with Crippen molar-refractivity contribution < 1.29 is 13.2 Å². The standard InChI is InChI=1S/C23H23N5O4S/c24-14-17-12-18-15-25-21(26-22(18)28(23(17)29)19-5-1-2-6-19)16-4-3-7-20(13-16)33(30,31)27-8-10-32-11-9-27/h3-4,7,12-13,15,19H,1-2,5-6,8-11H2. The Balaban J connectivity index is 1.61. The van der Waals surface area contributed by atoms with E-state index in [2.05, 4.69) is 9.97 Å². The van der Waals surface area contributed by atoms with Gasteiger partial charge in [-0.25, -0.2) is 18.4 Å². The Kier molecular flexibility index (Phi) is 5.70. The molecule has 0 radical (unpaired) electrons. The monoisotopic (exact) mass is 465 g/mol. The largest absolute Gasteiger partial charge is 0.379 e. The fourth-order valence-corrected chi connectivity index (χ4v) is 6.03. The van der Waals surface area contributed by atoms with E-state index in [1.165, 1.54) is 10.4 Å². The van der Waals surface area contributed by atoms with E-state index >= 15 is 0 Å². The van der Waals surface area contributed by atoms with Gasteiger partial charge in [0.15, 0.2) is 5.82 Å². The Morgan fingerprint density at radius 1 is 1.12 bits per heavy atom. The summed E-state index contributed by atoms with van der Waals surface area (Å²) in [7, 11) is -3.67. The number of ether oxygens (including phenoxy) is 1. The molecule has 3 heterocycles. The normalized spacial score (nSPS) is 17.9. The Bertz CT molecular complexity index is 1420. The summed E-state index contributed by atoms with van der Waals surface area (Å²) >= 11 is 0. The summed E-state index contributed by atoms with van der Waals surface area (Å²) in [5.74, 6) is 0.331. The van der Waals surface area contributed by atoms with E-state index in [9.17, 15) is 18.5 Å². The van der Waals surface area contributed by atoms with Gasteiger partial charge in [0.05, 0.1) is 18.1 Å². The van der Waals surface area contributed by atoms with E-state index in [1.54, 1.807) is 35.0 Å². The van der Waals surface area contributed by atoms with Crippen LogP contribution >= 0.6 is 0 Å². The molecule has 9 nitrogen and oxygen atoms in total. The molecule has 0 unspecified atom stereocenters. The van der Waals surface area contributed by atoms with Crippen LogP contribution in [-0.2, 0) is 14.8 Å². The van der Waals surface area contributed by atoms with Crippen molar-refractivity contribution in [2.45, 2.75) is 36.6 Å². The van der Waals surface area contributed by atoms with Crippen LogP contribution < -0.4 is 5.56 Å². The second kappa shape index (κ2) is 8.67. The van der Waals surface area contributed by atoms with Gasteiger partial charge in [0.2, 0.25) is 10.0 Å². The molecule has 0 bridgehead atoms. The number of hydrogen-bond acceptors (Lipinski definition) is 7. The minimum absolute atomic E-state index is 0.0101. The summed E-state index contributed by atoms with van der Waals surface area (Å²) in [6.07, 6.45) is 5.35. The van der Waals surface area contributed by atoms with Crippen molar-refractivity contribution in [3.8, 4) is 17.5 Å². The van der Waals surface area contributed by atoms with Crippen molar-refractivity contribution in [2.75, 3.05) is 26.3 Å². The molecule has 1 aliphatic heterocycles. The number of nitrogens with zero attached hydrogens (tertiary/aromatic N) is 5. The predicted molar refractivity (Wildman–Crippen MR) is 121 cm³/mol. The van der Waals surface area contributed by atoms with Gasteiger partial charge >= 0.3 is 0 Å². The van der Waals surface area contributed by atoms with E-state index in [4.69, 9.17) is 4.74 Å². The van der Waals surface area contributed by atoms with Crippen molar-refractivity contribution in [3.05, 3.63) is 52.4 Å². The van der Waals surface area contributed by atoms with E-state index in [0.717, 1.165) is 25.7 Å². The summed E-state index contributed by atoms with van der Waals surface area (Å²) in [6, 6.07) is 10.0. The average molecular weight is 466 g/mol. The highest BCUT2D eigenvalue weighted by Gasteiger charge is 2.27. The highest BCUT2D eigenvalue weighted by atomic mass is 32.2. The lowest BCUT2D eigenvalue weighted by molar-refractivity contribution is 0.0730. The molecule has 0 N–H and O–H groups in total. The molecule has 0 amide bonds. The van der Waals surface area contributed by atoms with Crippen LogP contribution in [0.5, 0.6) is 0 Å². The average Bonchev–Trinajstić information content (AvgIpc) is 3.38. The maximum atomic E-state index is 13.1. The Hall–Kier alpha value is -3.13. The highest BCUT2D eigenvalue weighted by Crippen LogP contribution is 2.31. The Labute approximate surface area is 191 Å². The molecule has 33 heavy (non-hydrogen) atoms.